The van der Waals surface area contributed by atoms with Crippen LogP contribution in [-0.2, 0) is 9.59 Å². The molecule has 4 atom stereocenters. The molecule has 0 saturated heterocycles. The predicted molar refractivity (Wildman–Crippen MR) is 98.0 cm³/mol. The summed E-state index contributed by atoms with van der Waals surface area (Å²) in [5, 5.41) is 18.1. The van der Waals surface area contributed by atoms with Gasteiger partial charge in [-0.1, -0.05) is 54.4 Å². The van der Waals surface area contributed by atoms with Gasteiger partial charge in [0, 0.05) is 0 Å². The summed E-state index contributed by atoms with van der Waals surface area (Å²) < 4.78 is 0. The lowest BCUT2D eigenvalue weighted by Crippen LogP contribution is -2.27. The Bertz CT molecular complexity index is 389. The molecule has 4 unspecified atom stereocenters. The monoisotopic (exact) mass is 342 g/mol. The minimum atomic E-state index is -1.04. The predicted octanol–water partition coefficient (Wildman–Crippen LogP) is 5.46. The fraction of sp³-hybridized carbons (Fsp3) is 0.900. The lowest BCUT2D eigenvalue weighted by Gasteiger charge is -2.31. The highest BCUT2D eigenvalue weighted by molar-refractivity contribution is 5.77. The molecule has 0 rings (SSSR count). The molecule has 0 spiro atoms. The van der Waals surface area contributed by atoms with E-state index in [1.807, 2.05) is 0 Å². The van der Waals surface area contributed by atoms with Crippen LogP contribution in [0.3, 0.4) is 0 Å². The summed E-state index contributed by atoms with van der Waals surface area (Å²) in [6, 6.07) is 0. The van der Waals surface area contributed by atoms with Crippen molar-refractivity contribution in [2.75, 3.05) is 0 Å². The molecule has 142 valence electrons. The smallest absolute Gasteiger partial charge is 0.307 e. The summed E-state index contributed by atoms with van der Waals surface area (Å²) in [6.45, 7) is 13.2. The molecule has 0 bridgehead atoms. The molecule has 0 aromatic rings. The van der Waals surface area contributed by atoms with Gasteiger partial charge in [-0.2, -0.15) is 0 Å². The first kappa shape index (κ1) is 22.9. The summed E-state index contributed by atoms with van der Waals surface area (Å²) in [6.07, 6.45) is 5.96. The van der Waals surface area contributed by atoms with Gasteiger partial charge in [-0.25, -0.2) is 0 Å². The first-order valence-corrected chi connectivity index (χ1v) is 9.41. The van der Waals surface area contributed by atoms with Crippen molar-refractivity contribution in [3.8, 4) is 0 Å². The van der Waals surface area contributed by atoms with Crippen molar-refractivity contribution in [1.82, 2.24) is 0 Å². The number of rotatable bonds is 13. The molecular weight excluding hydrogens is 304 g/mol. The molecule has 0 aromatic carbocycles. The van der Waals surface area contributed by atoms with E-state index in [2.05, 4.69) is 41.5 Å². The van der Waals surface area contributed by atoms with Crippen molar-refractivity contribution in [3.63, 3.8) is 0 Å². The summed E-state index contributed by atoms with van der Waals surface area (Å²) in [7, 11) is 0. The van der Waals surface area contributed by atoms with Gasteiger partial charge in [0.05, 0.1) is 12.3 Å². The second-order valence-electron chi connectivity index (χ2n) is 8.78. The van der Waals surface area contributed by atoms with Crippen LogP contribution in [0.1, 0.15) is 86.5 Å². The van der Waals surface area contributed by atoms with E-state index in [1.165, 1.54) is 19.3 Å². The Hall–Kier alpha value is -1.06. The van der Waals surface area contributed by atoms with E-state index in [-0.39, 0.29) is 11.8 Å². The third-order valence-electron chi connectivity index (χ3n) is 4.86. The van der Waals surface area contributed by atoms with Crippen molar-refractivity contribution in [3.05, 3.63) is 0 Å². The third kappa shape index (κ3) is 10.7. The first-order valence-electron chi connectivity index (χ1n) is 9.41. The largest absolute Gasteiger partial charge is 0.481 e. The first-order chi connectivity index (χ1) is 11.0. The van der Waals surface area contributed by atoms with Crippen LogP contribution in [0.2, 0.25) is 0 Å². The maximum absolute atomic E-state index is 11.3. The van der Waals surface area contributed by atoms with Gasteiger partial charge in [0.25, 0.3) is 0 Å². The average Bonchev–Trinajstić information content (AvgIpc) is 2.35. The van der Waals surface area contributed by atoms with Crippen LogP contribution in [0, 0.1) is 29.1 Å². The molecule has 0 saturated carbocycles. The van der Waals surface area contributed by atoms with Crippen LogP contribution < -0.4 is 0 Å². The molecule has 0 aliphatic carbocycles. The fourth-order valence-corrected chi connectivity index (χ4v) is 4.32. The summed E-state index contributed by atoms with van der Waals surface area (Å²) in [5.41, 5.74) is -0.160. The molecule has 0 radical (unpaired) electrons. The Balaban J connectivity index is 4.50. The Kier molecular flexibility index (Phi) is 10.3. The van der Waals surface area contributed by atoms with E-state index >= 15 is 0 Å². The second-order valence-corrected chi connectivity index (χ2v) is 8.78. The molecule has 0 heterocycles. The third-order valence-corrected chi connectivity index (χ3v) is 4.86. The molecule has 0 aliphatic heterocycles. The molecule has 24 heavy (non-hydrogen) atoms. The summed E-state index contributed by atoms with van der Waals surface area (Å²) >= 11 is 0. The normalized spacial score (nSPS) is 17.1. The summed E-state index contributed by atoms with van der Waals surface area (Å²) in [4.78, 5) is 22.2. The van der Waals surface area contributed by atoms with E-state index in [1.54, 1.807) is 0 Å². The molecular formula is C20H38O4. The van der Waals surface area contributed by atoms with Crippen LogP contribution in [0.15, 0.2) is 0 Å². The number of carbonyl (C=O) groups is 2. The standard InChI is InChI=1S/C20H38O4/c1-7-8-14(2)9-15(3)10-16(4)12-20(5,6)13-17(19(23)24)11-18(21)22/h14-17H,7-13H2,1-6H3,(H,21,22)(H,23,24). The Morgan fingerprint density at radius 3 is 1.92 bits per heavy atom. The average molecular weight is 343 g/mol. The zero-order chi connectivity index (χ0) is 18.9. The van der Waals surface area contributed by atoms with E-state index < -0.39 is 17.9 Å². The number of carboxylic acids is 2. The molecule has 4 heteroatoms. The molecule has 4 nitrogen and oxygen atoms in total. The second kappa shape index (κ2) is 10.7. The zero-order valence-electron chi connectivity index (χ0n) is 16.5. The highest BCUT2D eigenvalue weighted by atomic mass is 16.4. The zero-order valence-corrected chi connectivity index (χ0v) is 16.5. The number of hydrogen-bond donors (Lipinski definition) is 2. The van der Waals surface area contributed by atoms with Gasteiger partial charge in [-0.15, -0.1) is 0 Å². The van der Waals surface area contributed by atoms with Gasteiger partial charge < -0.3 is 10.2 Å². The Morgan fingerprint density at radius 2 is 1.46 bits per heavy atom. The topological polar surface area (TPSA) is 74.6 Å². The van der Waals surface area contributed by atoms with E-state index in [9.17, 15) is 14.7 Å². The van der Waals surface area contributed by atoms with Crippen molar-refractivity contribution >= 4 is 11.9 Å². The van der Waals surface area contributed by atoms with Gasteiger partial charge in [-0.05, 0) is 48.9 Å². The number of aliphatic carboxylic acids is 2. The van der Waals surface area contributed by atoms with Gasteiger partial charge >= 0.3 is 11.9 Å². The van der Waals surface area contributed by atoms with Crippen LogP contribution in [0.25, 0.3) is 0 Å². The van der Waals surface area contributed by atoms with Crippen molar-refractivity contribution in [2.45, 2.75) is 86.5 Å². The van der Waals surface area contributed by atoms with Crippen molar-refractivity contribution in [2.24, 2.45) is 29.1 Å². The number of hydrogen-bond acceptors (Lipinski definition) is 2. The molecule has 0 aliphatic rings. The van der Waals surface area contributed by atoms with Gasteiger partial charge in [-0.3, -0.25) is 9.59 Å². The maximum Gasteiger partial charge on any atom is 0.307 e. The number of carboxylic acid groups (broad SMARTS) is 2. The maximum atomic E-state index is 11.3. The van der Waals surface area contributed by atoms with Crippen molar-refractivity contribution in [1.29, 1.82) is 0 Å². The Morgan fingerprint density at radius 1 is 0.917 bits per heavy atom. The molecule has 0 amide bonds. The minimum Gasteiger partial charge on any atom is -0.481 e. The lowest BCUT2D eigenvalue weighted by atomic mass is 9.73. The molecule has 2 N–H and O–H groups in total. The highest BCUT2D eigenvalue weighted by Gasteiger charge is 2.31. The highest BCUT2D eigenvalue weighted by Crippen LogP contribution is 2.36. The summed E-state index contributed by atoms with van der Waals surface area (Å²) in [5.74, 6) is -0.886. The quantitative estimate of drug-likeness (QED) is 0.466. The van der Waals surface area contributed by atoms with Gasteiger partial charge in [0.1, 0.15) is 0 Å². The van der Waals surface area contributed by atoms with Crippen LogP contribution in [-0.4, -0.2) is 22.2 Å². The van der Waals surface area contributed by atoms with E-state index in [4.69, 9.17) is 5.11 Å². The van der Waals surface area contributed by atoms with E-state index in [0.29, 0.717) is 18.3 Å². The molecule has 0 aromatic heterocycles. The van der Waals surface area contributed by atoms with Crippen LogP contribution in [0.4, 0.5) is 0 Å². The van der Waals surface area contributed by atoms with Gasteiger partial charge in [0.2, 0.25) is 0 Å². The van der Waals surface area contributed by atoms with Gasteiger partial charge in [0.15, 0.2) is 0 Å². The van der Waals surface area contributed by atoms with Crippen LogP contribution in [0.5, 0.6) is 0 Å². The van der Waals surface area contributed by atoms with E-state index in [0.717, 1.165) is 18.8 Å². The minimum absolute atomic E-state index is 0.160. The lowest BCUT2D eigenvalue weighted by molar-refractivity contribution is -0.149. The van der Waals surface area contributed by atoms with Crippen LogP contribution >= 0.6 is 0 Å². The fourth-order valence-electron chi connectivity index (χ4n) is 4.32. The Labute approximate surface area is 148 Å². The molecule has 0 fully saturated rings. The SMILES string of the molecule is CCCC(C)CC(C)CC(C)CC(C)(C)CC(CC(=O)O)C(=O)O. The van der Waals surface area contributed by atoms with Crippen molar-refractivity contribution < 1.29 is 19.8 Å².